The van der Waals surface area contributed by atoms with Gasteiger partial charge in [0, 0.05) is 18.5 Å². The largest absolute Gasteiger partial charge is 0.504 e. The fourth-order valence-corrected chi connectivity index (χ4v) is 3.72. The predicted molar refractivity (Wildman–Crippen MR) is 101 cm³/mol. The molecule has 1 aliphatic carbocycles. The van der Waals surface area contributed by atoms with E-state index in [9.17, 15) is 15.3 Å². The van der Waals surface area contributed by atoms with E-state index >= 15 is 0 Å². The van der Waals surface area contributed by atoms with Gasteiger partial charge in [-0.25, -0.2) is 0 Å². The molecule has 1 saturated carbocycles. The lowest BCUT2D eigenvalue weighted by molar-refractivity contribution is 0.105. The number of aliphatic hydroxyl groups excluding tert-OH is 1. The molecule has 1 atom stereocenters. The number of rotatable bonds is 8. The second-order valence-corrected chi connectivity index (χ2v) is 7.10. The Hall–Kier alpha value is -2.24. The number of phenols is 2. The van der Waals surface area contributed by atoms with E-state index in [-0.39, 0.29) is 23.5 Å². The maximum atomic E-state index is 10.2. The van der Waals surface area contributed by atoms with Crippen molar-refractivity contribution in [2.45, 2.75) is 37.2 Å². The van der Waals surface area contributed by atoms with Crippen molar-refractivity contribution in [2.75, 3.05) is 19.7 Å². The Balaban J connectivity index is 1.53. The van der Waals surface area contributed by atoms with Gasteiger partial charge in [-0.1, -0.05) is 37.1 Å². The summed E-state index contributed by atoms with van der Waals surface area (Å²) in [6, 6.07) is 14.6. The molecule has 140 valence electrons. The van der Waals surface area contributed by atoms with Crippen LogP contribution in [0, 0.1) is 0 Å². The Bertz CT molecular complexity index is 698. The minimum atomic E-state index is -0.595. The first-order chi connectivity index (χ1) is 12.6. The number of aromatic hydroxyl groups is 2. The van der Waals surface area contributed by atoms with Gasteiger partial charge in [0.1, 0.15) is 18.5 Å². The van der Waals surface area contributed by atoms with Crippen LogP contribution in [0.2, 0.25) is 0 Å². The molecule has 2 aromatic carbocycles. The van der Waals surface area contributed by atoms with Crippen molar-refractivity contribution in [2.24, 2.45) is 0 Å². The minimum Gasteiger partial charge on any atom is -0.504 e. The Morgan fingerprint density at radius 1 is 1.00 bits per heavy atom. The highest BCUT2D eigenvalue weighted by molar-refractivity contribution is 5.43. The number of para-hydroxylation sites is 1. The highest BCUT2D eigenvalue weighted by atomic mass is 16.5. The molecule has 5 heteroatoms. The van der Waals surface area contributed by atoms with Gasteiger partial charge in [-0.3, -0.25) is 0 Å². The van der Waals surface area contributed by atoms with Crippen molar-refractivity contribution in [1.82, 2.24) is 5.32 Å². The highest BCUT2D eigenvalue weighted by Gasteiger charge is 2.35. The van der Waals surface area contributed by atoms with Crippen LogP contribution in [0.15, 0.2) is 48.5 Å². The third kappa shape index (κ3) is 4.48. The van der Waals surface area contributed by atoms with Crippen molar-refractivity contribution in [1.29, 1.82) is 0 Å². The molecule has 3 rings (SSSR count). The van der Waals surface area contributed by atoms with Gasteiger partial charge in [-0.15, -0.1) is 0 Å². The third-order valence-corrected chi connectivity index (χ3v) is 5.18. The molecule has 4 N–H and O–H groups in total. The molecule has 0 heterocycles. The highest BCUT2D eigenvalue weighted by Crippen LogP contribution is 2.42. The lowest BCUT2D eigenvalue weighted by Gasteiger charge is -2.31. The molecule has 0 amide bonds. The average molecular weight is 357 g/mol. The van der Waals surface area contributed by atoms with E-state index in [1.165, 1.54) is 0 Å². The summed E-state index contributed by atoms with van der Waals surface area (Å²) in [6.45, 7) is 1.41. The molecule has 1 fully saturated rings. The maximum absolute atomic E-state index is 10.2. The first-order valence-electron chi connectivity index (χ1n) is 9.18. The van der Waals surface area contributed by atoms with Crippen molar-refractivity contribution >= 4 is 0 Å². The van der Waals surface area contributed by atoms with Crippen molar-refractivity contribution in [3.63, 3.8) is 0 Å². The van der Waals surface area contributed by atoms with Gasteiger partial charge in [0.15, 0.2) is 11.5 Å². The molecule has 0 radical (unpaired) electrons. The van der Waals surface area contributed by atoms with Crippen LogP contribution in [0.4, 0.5) is 0 Å². The van der Waals surface area contributed by atoms with E-state index in [4.69, 9.17) is 4.74 Å². The van der Waals surface area contributed by atoms with Crippen LogP contribution < -0.4 is 10.1 Å². The van der Waals surface area contributed by atoms with E-state index in [1.807, 2.05) is 36.4 Å². The van der Waals surface area contributed by atoms with Gasteiger partial charge in [0.25, 0.3) is 0 Å². The van der Waals surface area contributed by atoms with Crippen molar-refractivity contribution in [3.8, 4) is 17.2 Å². The van der Waals surface area contributed by atoms with E-state index in [0.717, 1.165) is 43.5 Å². The number of ether oxygens (including phenoxy) is 1. The fourth-order valence-electron chi connectivity index (χ4n) is 3.72. The zero-order valence-corrected chi connectivity index (χ0v) is 14.9. The predicted octanol–water partition coefficient (Wildman–Crippen LogP) is 2.94. The summed E-state index contributed by atoms with van der Waals surface area (Å²) in [4.78, 5) is 0. The summed E-state index contributed by atoms with van der Waals surface area (Å²) in [6.07, 6.45) is 3.75. The fraction of sp³-hybridized carbons (Fsp3) is 0.429. The summed E-state index contributed by atoms with van der Waals surface area (Å²) in [7, 11) is 0. The van der Waals surface area contributed by atoms with Crippen LogP contribution in [0.25, 0.3) is 0 Å². The van der Waals surface area contributed by atoms with Gasteiger partial charge in [-0.2, -0.15) is 0 Å². The lowest BCUT2D eigenvalue weighted by Crippen LogP contribution is -2.40. The molecule has 0 spiro atoms. The summed E-state index contributed by atoms with van der Waals surface area (Å²) in [5, 5.41) is 32.9. The van der Waals surface area contributed by atoms with Gasteiger partial charge < -0.3 is 25.4 Å². The lowest BCUT2D eigenvalue weighted by atomic mass is 9.78. The SMILES string of the molecule is Oc1ccc(C2(CNC[C@@H](O)COc3ccccc3)CCCC2)cc1O. The van der Waals surface area contributed by atoms with Crippen LogP contribution in [-0.4, -0.2) is 41.1 Å². The Kier molecular flexibility index (Phi) is 6.01. The molecule has 26 heavy (non-hydrogen) atoms. The third-order valence-electron chi connectivity index (χ3n) is 5.18. The van der Waals surface area contributed by atoms with E-state index < -0.39 is 6.10 Å². The van der Waals surface area contributed by atoms with Gasteiger partial charge in [0.2, 0.25) is 0 Å². The monoisotopic (exact) mass is 357 g/mol. The molecule has 2 aromatic rings. The first-order valence-corrected chi connectivity index (χ1v) is 9.18. The average Bonchev–Trinajstić information content (AvgIpc) is 3.13. The molecule has 0 saturated heterocycles. The number of hydrogen-bond donors (Lipinski definition) is 4. The Morgan fingerprint density at radius 2 is 1.73 bits per heavy atom. The number of phenolic OH excluding ortho intramolecular Hbond substituents is 2. The number of nitrogens with one attached hydrogen (secondary N) is 1. The smallest absolute Gasteiger partial charge is 0.157 e. The molecular formula is C21H27NO4. The van der Waals surface area contributed by atoms with Crippen LogP contribution >= 0.6 is 0 Å². The molecule has 0 bridgehead atoms. The van der Waals surface area contributed by atoms with Crippen molar-refractivity contribution in [3.05, 3.63) is 54.1 Å². The van der Waals surface area contributed by atoms with Crippen LogP contribution in [0.5, 0.6) is 17.2 Å². The summed E-state index contributed by atoms with van der Waals surface area (Å²) in [5.74, 6) is 0.576. The summed E-state index contributed by atoms with van der Waals surface area (Å²) in [5.41, 5.74) is 0.971. The quantitative estimate of drug-likeness (QED) is 0.546. The zero-order valence-electron chi connectivity index (χ0n) is 14.9. The first kappa shape index (κ1) is 18.5. The molecule has 0 aromatic heterocycles. The Labute approximate surface area is 154 Å². The second-order valence-electron chi connectivity index (χ2n) is 7.10. The molecule has 1 aliphatic rings. The molecule has 0 unspecified atom stereocenters. The zero-order chi connectivity index (χ0) is 18.4. The number of aliphatic hydroxyl groups is 1. The van der Waals surface area contributed by atoms with Gasteiger partial charge >= 0.3 is 0 Å². The second kappa shape index (κ2) is 8.43. The standard InChI is InChI=1S/C21H27NO4/c23-17(14-26-18-6-2-1-3-7-18)13-22-15-21(10-4-5-11-21)16-8-9-19(24)20(25)12-16/h1-3,6-9,12,17,22-25H,4-5,10-11,13-15H2/t17-/m1/s1. The normalized spacial score (nSPS) is 17.1. The van der Waals surface area contributed by atoms with Crippen LogP contribution in [-0.2, 0) is 5.41 Å². The van der Waals surface area contributed by atoms with Crippen LogP contribution in [0.3, 0.4) is 0 Å². The van der Waals surface area contributed by atoms with Gasteiger partial charge in [0.05, 0.1) is 0 Å². The van der Waals surface area contributed by atoms with Crippen molar-refractivity contribution < 1.29 is 20.1 Å². The van der Waals surface area contributed by atoms with E-state index in [0.29, 0.717) is 6.54 Å². The van der Waals surface area contributed by atoms with E-state index in [1.54, 1.807) is 12.1 Å². The van der Waals surface area contributed by atoms with Gasteiger partial charge in [-0.05, 0) is 42.7 Å². The summed E-state index contributed by atoms with van der Waals surface area (Å²) < 4.78 is 5.58. The maximum Gasteiger partial charge on any atom is 0.157 e. The minimum absolute atomic E-state index is 0.0643. The topological polar surface area (TPSA) is 82.0 Å². The number of hydrogen-bond acceptors (Lipinski definition) is 5. The Morgan fingerprint density at radius 3 is 2.42 bits per heavy atom. The summed E-state index contributed by atoms with van der Waals surface area (Å²) >= 11 is 0. The molecule has 5 nitrogen and oxygen atoms in total. The number of benzene rings is 2. The van der Waals surface area contributed by atoms with E-state index in [2.05, 4.69) is 5.32 Å². The van der Waals surface area contributed by atoms with Crippen LogP contribution in [0.1, 0.15) is 31.2 Å². The molecule has 0 aliphatic heterocycles. The molecular weight excluding hydrogens is 330 g/mol.